The van der Waals surface area contributed by atoms with E-state index in [0.717, 1.165) is 5.56 Å². The van der Waals surface area contributed by atoms with E-state index in [9.17, 15) is 9.90 Å². The quantitative estimate of drug-likeness (QED) is 0.580. The van der Waals surface area contributed by atoms with Crippen molar-refractivity contribution in [1.29, 1.82) is 0 Å². The summed E-state index contributed by atoms with van der Waals surface area (Å²) in [6.45, 7) is 3.91. The van der Waals surface area contributed by atoms with Gasteiger partial charge in [0.05, 0.1) is 19.0 Å². The maximum absolute atomic E-state index is 11.5. The van der Waals surface area contributed by atoms with Crippen LogP contribution in [-0.2, 0) is 0 Å². The molecule has 116 valence electrons. The Bertz CT molecular complexity index is 738. The van der Waals surface area contributed by atoms with Crippen LogP contribution in [0.25, 0.3) is 0 Å². The second-order valence-electron chi connectivity index (χ2n) is 4.97. The summed E-state index contributed by atoms with van der Waals surface area (Å²) in [5, 5.41) is 13.5. The van der Waals surface area contributed by atoms with E-state index in [2.05, 4.69) is 20.5 Å². The molecule has 0 bridgehead atoms. The van der Waals surface area contributed by atoms with Crippen molar-refractivity contribution in [2.45, 2.75) is 19.8 Å². The summed E-state index contributed by atoms with van der Waals surface area (Å²) in [5.41, 5.74) is 3.86. The number of aromatic nitrogens is 2. The van der Waals surface area contributed by atoms with Gasteiger partial charge in [-0.1, -0.05) is 13.8 Å². The van der Waals surface area contributed by atoms with Crippen molar-refractivity contribution >= 4 is 12.2 Å². The van der Waals surface area contributed by atoms with Crippen LogP contribution in [0.1, 0.15) is 31.0 Å². The van der Waals surface area contributed by atoms with E-state index in [0.29, 0.717) is 11.4 Å². The molecule has 0 radical (unpaired) electrons. The Morgan fingerprint density at radius 3 is 2.86 bits per heavy atom. The third-order valence-corrected chi connectivity index (χ3v) is 2.94. The minimum absolute atomic E-state index is 0.0586. The summed E-state index contributed by atoms with van der Waals surface area (Å²) in [4.78, 5) is 18.4. The number of nitrogens with zero attached hydrogens (tertiary/aromatic N) is 2. The lowest BCUT2D eigenvalue weighted by atomic mass is 10.1. The number of hydrogen-bond acceptors (Lipinski definition) is 6. The smallest absolute Gasteiger partial charge is 0.252 e. The lowest BCUT2D eigenvalue weighted by Gasteiger charge is -2.06. The molecule has 0 aliphatic rings. The number of ether oxygens (including phenoxy) is 1. The van der Waals surface area contributed by atoms with Crippen molar-refractivity contribution in [2.24, 2.45) is 5.10 Å². The number of hydrazone groups is 1. The first kappa shape index (κ1) is 15.6. The van der Waals surface area contributed by atoms with E-state index < -0.39 is 0 Å². The molecule has 0 saturated heterocycles. The van der Waals surface area contributed by atoms with Crippen LogP contribution in [0.3, 0.4) is 0 Å². The van der Waals surface area contributed by atoms with E-state index in [-0.39, 0.29) is 23.2 Å². The van der Waals surface area contributed by atoms with Gasteiger partial charge in [0.25, 0.3) is 5.56 Å². The number of aromatic amines is 1. The molecule has 1 aromatic heterocycles. The van der Waals surface area contributed by atoms with Gasteiger partial charge < -0.3 is 9.84 Å². The summed E-state index contributed by atoms with van der Waals surface area (Å²) >= 11 is 0. The van der Waals surface area contributed by atoms with Crippen molar-refractivity contribution in [1.82, 2.24) is 9.97 Å². The van der Waals surface area contributed by atoms with Crippen molar-refractivity contribution in [3.63, 3.8) is 0 Å². The van der Waals surface area contributed by atoms with Gasteiger partial charge in [-0.25, -0.2) is 10.4 Å². The average Bonchev–Trinajstić information content (AvgIpc) is 2.48. The molecule has 2 rings (SSSR count). The van der Waals surface area contributed by atoms with Crippen molar-refractivity contribution in [3.8, 4) is 11.5 Å². The Morgan fingerprint density at radius 2 is 2.18 bits per heavy atom. The third kappa shape index (κ3) is 3.85. The van der Waals surface area contributed by atoms with Crippen LogP contribution < -0.4 is 15.7 Å². The lowest BCUT2D eigenvalue weighted by Crippen LogP contribution is -2.12. The van der Waals surface area contributed by atoms with Crippen LogP contribution in [0, 0.1) is 0 Å². The Morgan fingerprint density at radius 1 is 1.41 bits per heavy atom. The molecule has 0 aliphatic carbocycles. The zero-order chi connectivity index (χ0) is 16.1. The van der Waals surface area contributed by atoms with Gasteiger partial charge in [0.2, 0.25) is 5.95 Å². The minimum Gasteiger partial charge on any atom is -0.504 e. The molecule has 0 spiro atoms. The van der Waals surface area contributed by atoms with Crippen molar-refractivity contribution < 1.29 is 9.84 Å². The maximum atomic E-state index is 11.5. The molecule has 7 heteroatoms. The van der Waals surface area contributed by atoms with E-state index in [1.54, 1.807) is 12.1 Å². The van der Waals surface area contributed by atoms with Crippen LogP contribution in [0.2, 0.25) is 0 Å². The molecule has 0 atom stereocenters. The van der Waals surface area contributed by atoms with Gasteiger partial charge >= 0.3 is 0 Å². The zero-order valence-corrected chi connectivity index (χ0v) is 12.6. The second kappa shape index (κ2) is 6.75. The van der Waals surface area contributed by atoms with Gasteiger partial charge in [0.1, 0.15) is 0 Å². The van der Waals surface area contributed by atoms with Crippen LogP contribution in [0.5, 0.6) is 11.5 Å². The predicted molar refractivity (Wildman–Crippen MR) is 84.8 cm³/mol. The fourth-order valence-electron chi connectivity index (χ4n) is 1.77. The summed E-state index contributed by atoms with van der Waals surface area (Å²) in [6.07, 6.45) is 1.53. The van der Waals surface area contributed by atoms with Gasteiger partial charge in [-0.2, -0.15) is 5.10 Å². The number of nitrogens with one attached hydrogen (secondary N) is 2. The van der Waals surface area contributed by atoms with Gasteiger partial charge in [0, 0.05) is 6.07 Å². The van der Waals surface area contributed by atoms with Crippen LogP contribution in [0.4, 0.5) is 5.95 Å². The molecule has 22 heavy (non-hydrogen) atoms. The van der Waals surface area contributed by atoms with Crippen LogP contribution in [-0.4, -0.2) is 28.4 Å². The monoisotopic (exact) mass is 302 g/mol. The molecular formula is C15H18N4O3. The standard InChI is InChI=1S/C15H18N4O3/c1-9(2)11-7-14(21)18-15(17-11)19-16-8-10-4-5-12(20)13(6-10)22-3/h4-9,20H,1-3H3,(H2,17,18,19,21)/b16-8-. The lowest BCUT2D eigenvalue weighted by molar-refractivity contribution is 0.373. The fourth-order valence-corrected chi connectivity index (χ4v) is 1.77. The Hall–Kier alpha value is -2.83. The summed E-state index contributed by atoms with van der Waals surface area (Å²) < 4.78 is 5.02. The first-order valence-electron chi connectivity index (χ1n) is 6.77. The number of phenols is 1. The van der Waals surface area contributed by atoms with E-state index in [4.69, 9.17) is 4.74 Å². The zero-order valence-electron chi connectivity index (χ0n) is 12.6. The molecule has 3 N–H and O–H groups in total. The SMILES string of the molecule is COc1cc(/C=N\Nc2nc(C(C)C)cc(=O)[nH]2)ccc1O. The number of hydrogen-bond donors (Lipinski definition) is 3. The number of rotatable bonds is 5. The number of methoxy groups -OCH3 is 1. The molecular weight excluding hydrogens is 284 g/mol. The molecule has 2 aromatic rings. The first-order valence-corrected chi connectivity index (χ1v) is 6.77. The average molecular weight is 302 g/mol. The first-order chi connectivity index (χ1) is 10.5. The van der Waals surface area contributed by atoms with E-state index in [1.165, 1.54) is 25.5 Å². The molecule has 0 fully saturated rings. The third-order valence-electron chi connectivity index (χ3n) is 2.94. The van der Waals surface area contributed by atoms with Gasteiger partial charge in [-0.15, -0.1) is 0 Å². The Kier molecular flexibility index (Phi) is 4.77. The molecule has 0 saturated carbocycles. The number of aromatic hydroxyl groups is 1. The fraction of sp³-hybridized carbons (Fsp3) is 0.267. The molecule has 1 aromatic carbocycles. The summed E-state index contributed by atoms with van der Waals surface area (Å²) in [5.74, 6) is 0.840. The predicted octanol–water partition coefficient (Wildman–Crippen LogP) is 2.05. The molecule has 0 unspecified atom stereocenters. The molecule has 0 amide bonds. The van der Waals surface area contributed by atoms with Crippen LogP contribution >= 0.6 is 0 Å². The molecule has 7 nitrogen and oxygen atoms in total. The largest absolute Gasteiger partial charge is 0.504 e. The van der Waals surface area contributed by atoms with Gasteiger partial charge in [-0.3, -0.25) is 9.78 Å². The highest BCUT2D eigenvalue weighted by Gasteiger charge is 2.04. The number of phenolic OH excluding ortho intramolecular Hbond substituents is 1. The Balaban J connectivity index is 2.14. The normalized spacial score (nSPS) is 11.1. The summed E-state index contributed by atoms with van der Waals surface area (Å²) in [6, 6.07) is 6.30. The van der Waals surface area contributed by atoms with Gasteiger partial charge in [0.15, 0.2) is 11.5 Å². The minimum atomic E-state index is -0.234. The van der Waals surface area contributed by atoms with E-state index in [1.807, 2.05) is 13.8 Å². The second-order valence-corrected chi connectivity index (χ2v) is 4.97. The van der Waals surface area contributed by atoms with E-state index >= 15 is 0 Å². The van der Waals surface area contributed by atoms with Crippen molar-refractivity contribution in [3.05, 3.63) is 45.9 Å². The van der Waals surface area contributed by atoms with Crippen LogP contribution in [0.15, 0.2) is 34.2 Å². The highest BCUT2D eigenvalue weighted by Crippen LogP contribution is 2.25. The van der Waals surface area contributed by atoms with Crippen molar-refractivity contribution in [2.75, 3.05) is 12.5 Å². The number of anilines is 1. The highest BCUT2D eigenvalue weighted by molar-refractivity contribution is 5.81. The maximum Gasteiger partial charge on any atom is 0.252 e. The summed E-state index contributed by atoms with van der Waals surface area (Å²) in [7, 11) is 1.47. The topological polar surface area (TPSA) is 99.6 Å². The highest BCUT2D eigenvalue weighted by atomic mass is 16.5. The molecule has 0 aliphatic heterocycles. The number of H-pyrrole nitrogens is 1. The Labute approximate surface area is 127 Å². The molecule has 1 heterocycles. The number of benzene rings is 1. The van der Waals surface area contributed by atoms with Gasteiger partial charge in [-0.05, 0) is 29.7 Å².